The minimum atomic E-state index is -0.0140. The number of benzene rings is 1. The Morgan fingerprint density at radius 1 is 1.04 bits per heavy atom. The summed E-state index contributed by atoms with van der Waals surface area (Å²) in [5, 5.41) is 6.56. The van der Waals surface area contributed by atoms with Crippen molar-refractivity contribution in [1.29, 1.82) is 0 Å². The fourth-order valence-corrected chi connectivity index (χ4v) is 2.97. The first-order chi connectivity index (χ1) is 11.0. The number of amides is 2. The molecule has 126 valence electrons. The van der Waals surface area contributed by atoms with E-state index in [0.717, 1.165) is 37.9 Å². The molecule has 1 aliphatic carbocycles. The van der Waals surface area contributed by atoms with Gasteiger partial charge < -0.3 is 10.6 Å². The number of halogens is 1. The summed E-state index contributed by atoms with van der Waals surface area (Å²) in [6.45, 7) is 4.88. The van der Waals surface area contributed by atoms with Crippen molar-refractivity contribution in [2.75, 3.05) is 11.9 Å². The van der Waals surface area contributed by atoms with Gasteiger partial charge in [0.1, 0.15) is 0 Å². The van der Waals surface area contributed by atoms with Crippen molar-refractivity contribution >= 4 is 29.1 Å². The van der Waals surface area contributed by atoms with Crippen molar-refractivity contribution in [3.8, 4) is 0 Å². The van der Waals surface area contributed by atoms with E-state index in [4.69, 9.17) is 11.6 Å². The predicted molar refractivity (Wildman–Crippen MR) is 93.4 cm³/mol. The molecule has 1 aromatic rings. The van der Waals surface area contributed by atoms with Crippen molar-refractivity contribution in [2.24, 2.45) is 17.8 Å². The first-order valence-corrected chi connectivity index (χ1v) is 8.67. The molecular weight excluding hydrogens is 312 g/mol. The van der Waals surface area contributed by atoms with Gasteiger partial charge in [-0.2, -0.15) is 0 Å². The van der Waals surface area contributed by atoms with Crippen LogP contribution >= 0.6 is 11.6 Å². The first kappa shape index (κ1) is 17.8. The van der Waals surface area contributed by atoms with Crippen LogP contribution in [0.1, 0.15) is 39.5 Å². The second-order valence-electron chi connectivity index (χ2n) is 6.68. The third-order valence-electron chi connectivity index (χ3n) is 4.27. The molecule has 0 unspecified atom stereocenters. The average Bonchev–Trinajstić information content (AvgIpc) is 2.55. The molecular formula is C18H25ClN2O2. The molecule has 2 amide bonds. The monoisotopic (exact) mass is 336 g/mol. The van der Waals surface area contributed by atoms with Crippen LogP contribution in [0.2, 0.25) is 5.02 Å². The number of hydrogen-bond donors (Lipinski definition) is 2. The van der Waals surface area contributed by atoms with E-state index in [1.165, 1.54) is 0 Å². The van der Waals surface area contributed by atoms with Gasteiger partial charge in [0.05, 0.1) is 0 Å². The smallest absolute Gasteiger partial charge is 0.227 e. The molecule has 23 heavy (non-hydrogen) atoms. The standard InChI is InChI=1S/C18H25ClN2O2/c1-12(2)11-20-17(22)13-3-5-14(6-4-13)18(23)21-16-9-7-15(19)8-10-16/h7-10,12-14H,3-6,11H2,1-2H3,(H,20,22)(H,21,23). The summed E-state index contributed by atoms with van der Waals surface area (Å²) in [7, 11) is 0. The zero-order chi connectivity index (χ0) is 16.8. The molecule has 0 bridgehead atoms. The largest absolute Gasteiger partial charge is 0.356 e. The lowest BCUT2D eigenvalue weighted by atomic mass is 9.81. The van der Waals surface area contributed by atoms with Crippen LogP contribution in [0.5, 0.6) is 0 Å². The van der Waals surface area contributed by atoms with Crippen LogP contribution < -0.4 is 10.6 Å². The Morgan fingerprint density at radius 2 is 1.57 bits per heavy atom. The molecule has 1 fully saturated rings. The normalized spacial score (nSPS) is 21.0. The maximum Gasteiger partial charge on any atom is 0.227 e. The van der Waals surface area contributed by atoms with Crippen LogP contribution in [0.25, 0.3) is 0 Å². The number of rotatable bonds is 5. The summed E-state index contributed by atoms with van der Waals surface area (Å²) >= 11 is 5.84. The van der Waals surface area contributed by atoms with E-state index in [0.29, 0.717) is 10.9 Å². The Morgan fingerprint density at radius 3 is 2.09 bits per heavy atom. The fraction of sp³-hybridized carbons (Fsp3) is 0.556. The highest BCUT2D eigenvalue weighted by molar-refractivity contribution is 6.30. The van der Waals surface area contributed by atoms with Crippen LogP contribution in [-0.2, 0) is 9.59 Å². The summed E-state index contributed by atoms with van der Waals surface area (Å²) < 4.78 is 0. The maximum atomic E-state index is 12.3. The highest BCUT2D eigenvalue weighted by Crippen LogP contribution is 2.30. The Balaban J connectivity index is 1.78. The highest BCUT2D eigenvalue weighted by atomic mass is 35.5. The van der Waals surface area contributed by atoms with E-state index in [9.17, 15) is 9.59 Å². The van der Waals surface area contributed by atoms with Crippen LogP contribution in [0.4, 0.5) is 5.69 Å². The minimum absolute atomic E-state index is 0.0140. The van der Waals surface area contributed by atoms with Crippen molar-refractivity contribution in [3.05, 3.63) is 29.3 Å². The second kappa shape index (κ2) is 8.34. The second-order valence-corrected chi connectivity index (χ2v) is 7.12. The topological polar surface area (TPSA) is 58.2 Å². The summed E-state index contributed by atoms with van der Waals surface area (Å²) in [6, 6.07) is 7.11. The van der Waals surface area contributed by atoms with Crippen molar-refractivity contribution in [3.63, 3.8) is 0 Å². The van der Waals surface area contributed by atoms with Crippen molar-refractivity contribution in [2.45, 2.75) is 39.5 Å². The summed E-state index contributed by atoms with van der Waals surface area (Å²) in [6.07, 6.45) is 3.09. The maximum absolute atomic E-state index is 12.3. The third kappa shape index (κ3) is 5.54. The van der Waals surface area contributed by atoms with E-state index < -0.39 is 0 Å². The summed E-state index contributed by atoms with van der Waals surface area (Å²) in [5.74, 6) is 0.664. The zero-order valence-electron chi connectivity index (χ0n) is 13.8. The molecule has 0 aromatic heterocycles. The van der Waals surface area contributed by atoms with Gasteiger partial charge >= 0.3 is 0 Å². The molecule has 4 nitrogen and oxygen atoms in total. The first-order valence-electron chi connectivity index (χ1n) is 8.30. The van der Waals surface area contributed by atoms with Gasteiger partial charge in [-0.05, 0) is 55.9 Å². The van der Waals surface area contributed by atoms with Crippen LogP contribution in [0, 0.1) is 17.8 Å². The number of nitrogens with one attached hydrogen (secondary N) is 2. The fourth-order valence-electron chi connectivity index (χ4n) is 2.84. The predicted octanol–water partition coefficient (Wildman–Crippen LogP) is 3.86. The summed E-state index contributed by atoms with van der Waals surface area (Å²) in [4.78, 5) is 24.4. The molecule has 1 aliphatic rings. The Bertz CT molecular complexity index is 534. The van der Waals surface area contributed by atoms with E-state index >= 15 is 0 Å². The van der Waals surface area contributed by atoms with Crippen molar-refractivity contribution in [1.82, 2.24) is 5.32 Å². The van der Waals surface area contributed by atoms with Gasteiger partial charge in [-0.3, -0.25) is 9.59 Å². The Labute approximate surface area is 143 Å². The zero-order valence-corrected chi connectivity index (χ0v) is 14.5. The number of carbonyl (C=O) groups excluding carboxylic acids is 2. The van der Waals surface area contributed by atoms with Crippen molar-refractivity contribution < 1.29 is 9.59 Å². The lowest BCUT2D eigenvalue weighted by Gasteiger charge is -2.27. The molecule has 0 heterocycles. The van der Waals surface area contributed by atoms with E-state index in [1.54, 1.807) is 24.3 Å². The quantitative estimate of drug-likeness (QED) is 0.857. The molecule has 0 aliphatic heterocycles. The number of carbonyl (C=O) groups is 2. The number of hydrogen-bond acceptors (Lipinski definition) is 2. The van der Waals surface area contributed by atoms with Gasteiger partial charge in [-0.1, -0.05) is 25.4 Å². The van der Waals surface area contributed by atoms with Gasteiger partial charge in [0.15, 0.2) is 0 Å². The highest BCUT2D eigenvalue weighted by Gasteiger charge is 2.29. The molecule has 0 atom stereocenters. The molecule has 2 rings (SSSR count). The SMILES string of the molecule is CC(C)CNC(=O)C1CCC(C(=O)Nc2ccc(Cl)cc2)CC1. The lowest BCUT2D eigenvalue weighted by molar-refractivity contribution is -0.128. The van der Waals surface area contributed by atoms with Crippen LogP contribution in [-0.4, -0.2) is 18.4 Å². The van der Waals surface area contributed by atoms with Gasteiger partial charge in [-0.15, -0.1) is 0 Å². The van der Waals surface area contributed by atoms with Gasteiger partial charge in [0.2, 0.25) is 11.8 Å². The van der Waals surface area contributed by atoms with Gasteiger partial charge in [0.25, 0.3) is 0 Å². The van der Waals surface area contributed by atoms with E-state index in [2.05, 4.69) is 24.5 Å². The Kier molecular flexibility index (Phi) is 6.46. The molecule has 2 N–H and O–H groups in total. The van der Waals surface area contributed by atoms with Gasteiger partial charge in [-0.25, -0.2) is 0 Å². The summed E-state index contributed by atoms with van der Waals surface area (Å²) in [5.41, 5.74) is 0.760. The molecule has 1 saturated carbocycles. The molecule has 0 spiro atoms. The lowest BCUT2D eigenvalue weighted by Crippen LogP contribution is -2.36. The van der Waals surface area contributed by atoms with E-state index in [-0.39, 0.29) is 23.7 Å². The molecule has 1 aromatic carbocycles. The molecule has 0 saturated heterocycles. The van der Waals surface area contributed by atoms with E-state index in [1.807, 2.05) is 0 Å². The van der Waals surface area contributed by atoms with Gasteiger partial charge in [0, 0.05) is 29.1 Å². The third-order valence-corrected chi connectivity index (χ3v) is 4.52. The Hall–Kier alpha value is -1.55. The van der Waals surface area contributed by atoms with Crippen LogP contribution in [0.3, 0.4) is 0 Å². The average molecular weight is 337 g/mol. The number of anilines is 1. The molecule has 5 heteroatoms. The van der Waals surface area contributed by atoms with Crippen LogP contribution in [0.15, 0.2) is 24.3 Å². The minimum Gasteiger partial charge on any atom is -0.356 e. The molecule has 0 radical (unpaired) electrons.